The molecule has 0 aromatic rings. The highest BCUT2D eigenvalue weighted by Gasteiger charge is 2.85. The first-order chi connectivity index (χ1) is 6.82. The normalized spacial score (nSPS) is 30.6. The molecule has 0 aromatic heterocycles. The summed E-state index contributed by atoms with van der Waals surface area (Å²) in [6.45, 7) is 0. The standard InChI is InChI=1S/C3H2F4O6S3/c4-2(5)3(6,7)16(12,13)1(14(8)9)15(2,10)11/h1,14H. The maximum atomic E-state index is 12.6. The lowest BCUT2D eigenvalue weighted by molar-refractivity contribution is -0.0920. The summed E-state index contributed by atoms with van der Waals surface area (Å²) in [6, 6.07) is 0. The van der Waals surface area contributed by atoms with Crippen molar-refractivity contribution in [2.24, 2.45) is 0 Å². The molecule has 0 aliphatic carbocycles. The first kappa shape index (κ1) is 13.6. The lowest BCUT2D eigenvalue weighted by Crippen LogP contribution is -2.42. The van der Waals surface area contributed by atoms with Crippen LogP contribution in [0.1, 0.15) is 0 Å². The van der Waals surface area contributed by atoms with Gasteiger partial charge in [0, 0.05) is 0 Å². The monoisotopic (exact) mass is 306 g/mol. The van der Waals surface area contributed by atoms with Crippen LogP contribution in [-0.2, 0) is 30.4 Å². The third kappa shape index (κ3) is 1.18. The van der Waals surface area contributed by atoms with E-state index in [1.807, 2.05) is 0 Å². The van der Waals surface area contributed by atoms with E-state index in [0.29, 0.717) is 0 Å². The van der Waals surface area contributed by atoms with Crippen LogP contribution in [0, 0.1) is 0 Å². The van der Waals surface area contributed by atoms with Gasteiger partial charge in [0.25, 0.3) is 23.6 Å². The summed E-state index contributed by atoms with van der Waals surface area (Å²) in [5.41, 5.74) is 0. The van der Waals surface area contributed by atoms with Crippen LogP contribution in [0.15, 0.2) is 0 Å². The summed E-state index contributed by atoms with van der Waals surface area (Å²) < 4.78 is 110. The van der Waals surface area contributed by atoms with Crippen molar-refractivity contribution in [1.82, 2.24) is 0 Å². The summed E-state index contributed by atoms with van der Waals surface area (Å²) in [5, 5.41) is -11.9. The predicted molar refractivity (Wildman–Crippen MR) is 41.8 cm³/mol. The summed E-state index contributed by atoms with van der Waals surface area (Å²) in [7, 11) is -17.2. The van der Waals surface area contributed by atoms with Crippen LogP contribution >= 0.6 is 0 Å². The highest BCUT2D eigenvalue weighted by Crippen LogP contribution is 2.53. The molecule has 0 saturated carbocycles. The van der Waals surface area contributed by atoms with Gasteiger partial charge in [0.05, 0.1) is 0 Å². The zero-order chi connectivity index (χ0) is 13.2. The Labute approximate surface area is 88.0 Å². The number of sulfone groups is 2. The molecule has 0 amide bonds. The van der Waals surface area contributed by atoms with E-state index < -0.39 is 44.8 Å². The Hall–Kier alpha value is -0.430. The van der Waals surface area contributed by atoms with Crippen molar-refractivity contribution in [1.29, 1.82) is 0 Å². The van der Waals surface area contributed by atoms with Crippen molar-refractivity contribution in [2.45, 2.75) is 14.4 Å². The number of alkyl halides is 4. The maximum Gasteiger partial charge on any atom is 0.424 e. The van der Waals surface area contributed by atoms with Gasteiger partial charge in [-0.2, -0.15) is 17.6 Å². The Bertz CT molecular complexity index is 545. The van der Waals surface area contributed by atoms with Gasteiger partial charge in [-0.15, -0.1) is 0 Å². The van der Waals surface area contributed by atoms with Crippen LogP contribution in [0.2, 0.25) is 0 Å². The minimum absolute atomic E-state index is 3.82. The second-order valence-corrected chi connectivity index (χ2v) is 8.95. The molecule has 0 atom stereocenters. The molecule has 16 heavy (non-hydrogen) atoms. The van der Waals surface area contributed by atoms with Gasteiger partial charge >= 0.3 is 10.5 Å². The molecule has 0 N–H and O–H groups in total. The molecule has 0 radical (unpaired) electrons. The predicted octanol–water partition coefficient (Wildman–Crippen LogP) is -1.09. The third-order valence-electron chi connectivity index (χ3n) is 1.76. The molecular formula is C3H2F4O6S3. The van der Waals surface area contributed by atoms with Gasteiger partial charge in [0.15, 0.2) is 10.7 Å². The molecule has 13 heteroatoms. The maximum absolute atomic E-state index is 12.6. The Morgan fingerprint density at radius 2 is 1.06 bits per heavy atom. The lowest BCUT2D eigenvalue weighted by atomic mass is 10.7. The molecule has 96 valence electrons. The number of hydrogen-bond acceptors (Lipinski definition) is 6. The molecule has 0 unspecified atom stereocenters. The van der Waals surface area contributed by atoms with Crippen LogP contribution in [0.3, 0.4) is 0 Å². The average Bonchev–Trinajstić information content (AvgIpc) is 2.05. The Balaban J connectivity index is 3.87. The fourth-order valence-corrected chi connectivity index (χ4v) is 7.51. The topological polar surface area (TPSA) is 102 Å². The fraction of sp³-hybridized carbons (Fsp3) is 1.00. The van der Waals surface area contributed by atoms with Gasteiger partial charge in [-0.25, -0.2) is 25.3 Å². The summed E-state index contributed by atoms with van der Waals surface area (Å²) in [5.74, 6) is 0. The first-order valence-electron chi connectivity index (χ1n) is 3.18. The zero-order valence-corrected chi connectivity index (χ0v) is 9.33. The fourth-order valence-electron chi connectivity index (χ4n) is 0.978. The van der Waals surface area contributed by atoms with Gasteiger partial charge in [-0.1, -0.05) is 0 Å². The van der Waals surface area contributed by atoms with E-state index in [2.05, 4.69) is 0 Å². The van der Waals surface area contributed by atoms with Crippen molar-refractivity contribution >= 4 is 30.4 Å². The largest absolute Gasteiger partial charge is 0.424 e. The Morgan fingerprint density at radius 3 is 1.19 bits per heavy atom. The second kappa shape index (κ2) is 3.07. The van der Waals surface area contributed by atoms with Crippen LogP contribution in [0.25, 0.3) is 0 Å². The highest BCUT2D eigenvalue weighted by atomic mass is 32.3. The zero-order valence-electron chi connectivity index (χ0n) is 6.80. The molecule has 6 nitrogen and oxygen atoms in total. The Morgan fingerprint density at radius 1 is 0.812 bits per heavy atom. The highest BCUT2D eigenvalue weighted by molar-refractivity contribution is 8.23. The van der Waals surface area contributed by atoms with E-state index in [0.717, 1.165) is 0 Å². The first-order valence-corrected chi connectivity index (χ1v) is 7.51. The quantitative estimate of drug-likeness (QED) is 0.488. The van der Waals surface area contributed by atoms with E-state index in [9.17, 15) is 42.8 Å². The number of halogens is 4. The number of hydrogen-bond donors (Lipinski definition) is 1. The van der Waals surface area contributed by atoms with Crippen LogP contribution in [0.5, 0.6) is 0 Å². The lowest BCUT2D eigenvalue weighted by Gasteiger charge is -2.13. The van der Waals surface area contributed by atoms with Gasteiger partial charge in [-0.3, -0.25) is 0 Å². The summed E-state index contributed by atoms with van der Waals surface area (Å²) in [4.78, 5) is 0. The van der Waals surface area contributed by atoms with E-state index >= 15 is 0 Å². The minimum Gasteiger partial charge on any atom is -0.229 e. The molecule has 1 rings (SSSR count). The van der Waals surface area contributed by atoms with Gasteiger partial charge < -0.3 is 0 Å². The van der Waals surface area contributed by atoms with Crippen molar-refractivity contribution in [3.63, 3.8) is 0 Å². The third-order valence-corrected chi connectivity index (χ3v) is 9.45. The number of thiol groups is 1. The van der Waals surface area contributed by atoms with Gasteiger partial charge in [0.2, 0.25) is 0 Å². The average molecular weight is 306 g/mol. The molecule has 1 aliphatic rings. The van der Waals surface area contributed by atoms with E-state index in [4.69, 9.17) is 0 Å². The molecule has 1 saturated heterocycles. The minimum atomic E-state index is -6.35. The molecule has 1 aliphatic heterocycles. The second-order valence-electron chi connectivity index (χ2n) is 2.72. The van der Waals surface area contributed by atoms with E-state index in [1.54, 1.807) is 0 Å². The molecule has 0 bridgehead atoms. The summed E-state index contributed by atoms with van der Waals surface area (Å²) in [6.07, 6.45) is 0. The molecule has 0 aromatic carbocycles. The van der Waals surface area contributed by atoms with Crippen molar-refractivity contribution in [2.75, 3.05) is 0 Å². The van der Waals surface area contributed by atoms with Gasteiger partial charge in [-0.05, 0) is 0 Å². The van der Waals surface area contributed by atoms with Crippen LogP contribution < -0.4 is 0 Å². The SMILES string of the molecule is O=[SH](=O)C1S(=O)(=O)C(F)(F)C(F)(F)S1(=O)=O. The molecule has 1 fully saturated rings. The smallest absolute Gasteiger partial charge is 0.229 e. The Kier molecular flexibility index (Phi) is 2.61. The molecular weight excluding hydrogens is 304 g/mol. The summed E-state index contributed by atoms with van der Waals surface area (Å²) >= 11 is 0. The molecule has 1 heterocycles. The van der Waals surface area contributed by atoms with Crippen molar-refractivity contribution in [3.05, 3.63) is 0 Å². The van der Waals surface area contributed by atoms with Crippen LogP contribution in [0.4, 0.5) is 17.6 Å². The number of rotatable bonds is 1. The van der Waals surface area contributed by atoms with E-state index in [-0.39, 0.29) is 0 Å². The van der Waals surface area contributed by atoms with Gasteiger partial charge in [0.1, 0.15) is 0 Å². The van der Waals surface area contributed by atoms with Crippen molar-refractivity contribution in [3.8, 4) is 0 Å². The molecule has 0 spiro atoms. The van der Waals surface area contributed by atoms with Crippen LogP contribution in [-0.4, -0.2) is 39.7 Å². The van der Waals surface area contributed by atoms with E-state index in [1.165, 1.54) is 0 Å². The van der Waals surface area contributed by atoms with Crippen molar-refractivity contribution < 1.29 is 42.8 Å².